The Balaban J connectivity index is 2.40. The molecule has 0 aliphatic carbocycles. The Labute approximate surface area is 61.8 Å². The lowest BCUT2D eigenvalue weighted by atomic mass is 10.0. The van der Waals surface area contributed by atoms with E-state index in [0.29, 0.717) is 6.04 Å². The molecule has 3 nitrogen and oxygen atoms in total. The van der Waals surface area contributed by atoms with Crippen LogP contribution in [0, 0.1) is 0 Å². The fourth-order valence-electron chi connectivity index (χ4n) is 1.43. The highest BCUT2D eigenvalue weighted by atomic mass is 16.3. The summed E-state index contributed by atoms with van der Waals surface area (Å²) in [5.41, 5.74) is 0. The van der Waals surface area contributed by atoms with E-state index in [9.17, 15) is 5.11 Å². The van der Waals surface area contributed by atoms with Crippen molar-refractivity contribution in [2.75, 3.05) is 13.1 Å². The molecule has 0 amide bonds. The predicted octanol–water partition coefficient (Wildman–Crippen LogP) is -0.683. The topological polar surface area (TPSA) is 44.3 Å². The van der Waals surface area contributed by atoms with E-state index < -0.39 is 0 Å². The number of hydrogen-bond acceptors (Lipinski definition) is 3. The molecule has 0 saturated carbocycles. The molecule has 1 aliphatic heterocycles. The maximum atomic E-state index is 9.25. The summed E-state index contributed by atoms with van der Waals surface area (Å²) in [6.07, 6.45) is -0.261. The van der Waals surface area contributed by atoms with E-state index >= 15 is 0 Å². The minimum absolute atomic E-state index is 0.216. The zero-order chi connectivity index (χ0) is 7.56. The van der Waals surface area contributed by atoms with E-state index in [4.69, 9.17) is 0 Å². The van der Waals surface area contributed by atoms with Gasteiger partial charge in [-0.25, -0.2) is 0 Å². The van der Waals surface area contributed by atoms with Gasteiger partial charge in [0, 0.05) is 25.2 Å². The Morgan fingerprint density at radius 3 is 2.40 bits per heavy atom. The summed E-state index contributed by atoms with van der Waals surface area (Å²) < 4.78 is 0. The summed E-state index contributed by atoms with van der Waals surface area (Å²) in [5, 5.41) is 15.8. The van der Waals surface area contributed by atoms with Gasteiger partial charge in [0.25, 0.3) is 0 Å². The van der Waals surface area contributed by atoms with Gasteiger partial charge in [0.1, 0.15) is 0 Å². The van der Waals surface area contributed by atoms with E-state index in [1.54, 1.807) is 0 Å². The molecule has 1 rings (SSSR count). The number of piperazine rings is 1. The number of aliphatic hydroxyl groups excluding tert-OH is 1. The van der Waals surface area contributed by atoms with E-state index in [1.165, 1.54) is 0 Å². The first-order chi connectivity index (χ1) is 4.72. The van der Waals surface area contributed by atoms with Crippen molar-refractivity contribution >= 4 is 0 Å². The van der Waals surface area contributed by atoms with Gasteiger partial charge in [0.15, 0.2) is 0 Å². The molecule has 0 aromatic heterocycles. The van der Waals surface area contributed by atoms with Crippen LogP contribution in [0.1, 0.15) is 13.8 Å². The molecule has 3 atom stereocenters. The first kappa shape index (κ1) is 7.98. The molecule has 0 aromatic rings. The molecule has 1 saturated heterocycles. The molecule has 3 N–H and O–H groups in total. The summed E-state index contributed by atoms with van der Waals surface area (Å²) in [7, 11) is 0. The third-order valence-corrected chi connectivity index (χ3v) is 2.03. The van der Waals surface area contributed by atoms with Crippen LogP contribution in [0.2, 0.25) is 0 Å². The second-order valence-electron chi connectivity index (χ2n) is 2.96. The average Bonchev–Trinajstić information content (AvgIpc) is 1.88. The van der Waals surface area contributed by atoms with Crippen molar-refractivity contribution in [2.45, 2.75) is 32.0 Å². The Morgan fingerprint density at radius 2 is 2.00 bits per heavy atom. The van der Waals surface area contributed by atoms with Crippen molar-refractivity contribution in [3.8, 4) is 0 Å². The fourth-order valence-corrected chi connectivity index (χ4v) is 1.43. The smallest absolute Gasteiger partial charge is 0.0680 e. The summed E-state index contributed by atoms with van der Waals surface area (Å²) >= 11 is 0. The summed E-state index contributed by atoms with van der Waals surface area (Å²) in [5.74, 6) is 0. The van der Waals surface area contributed by atoms with Crippen molar-refractivity contribution in [2.24, 2.45) is 0 Å². The molecule has 60 valence electrons. The highest BCUT2D eigenvalue weighted by Gasteiger charge is 2.23. The first-order valence-corrected chi connectivity index (χ1v) is 3.86. The van der Waals surface area contributed by atoms with Crippen LogP contribution in [0.5, 0.6) is 0 Å². The van der Waals surface area contributed by atoms with Gasteiger partial charge in [-0.2, -0.15) is 0 Å². The molecular formula is C7H16N2O. The standard InChI is InChI=1S/C7H16N2O/c1-5-7(6(2)10)9-4-3-8-5/h5-10H,3-4H2,1-2H3. The minimum atomic E-state index is -0.261. The molecule has 0 aromatic carbocycles. The van der Waals surface area contributed by atoms with Gasteiger partial charge in [-0.05, 0) is 13.8 Å². The molecule has 0 bridgehead atoms. The second-order valence-corrected chi connectivity index (χ2v) is 2.96. The van der Waals surface area contributed by atoms with Crippen LogP contribution < -0.4 is 10.6 Å². The molecular weight excluding hydrogens is 128 g/mol. The molecule has 3 unspecified atom stereocenters. The van der Waals surface area contributed by atoms with Crippen molar-refractivity contribution in [3.63, 3.8) is 0 Å². The van der Waals surface area contributed by atoms with E-state index in [1.807, 2.05) is 6.92 Å². The summed E-state index contributed by atoms with van der Waals surface area (Å²) in [6.45, 7) is 5.87. The van der Waals surface area contributed by atoms with Gasteiger partial charge in [0.2, 0.25) is 0 Å². The zero-order valence-electron chi connectivity index (χ0n) is 6.59. The lowest BCUT2D eigenvalue weighted by molar-refractivity contribution is 0.116. The maximum Gasteiger partial charge on any atom is 0.0680 e. The van der Waals surface area contributed by atoms with Crippen LogP contribution in [-0.4, -0.2) is 36.4 Å². The van der Waals surface area contributed by atoms with E-state index in [0.717, 1.165) is 13.1 Å². The van der Waals surface area contributed by atoms with Gasteiger partial charge in [0.05, 0.1) is 6.10 Å². The summed E-state index contributed by atoms with van der Waals surface area (Å²) in [6, 6.07) is 0.600. The summed E-state index contributed by atoms with van der Waals surface area (Å²) in [4.78, 5) is 0. The predicted molar refractivity (Wildman–Crippen MR) is 40.9 cm³/mol. The lowest BCUT2D eigenvalue weighted by Gasteiger charge is -2.33. The molecule has 0 radical (unpaired) electrons. The quantitative estimate of drug-likeness (QED) is 0.457. The third kappa shape index (κ3) is 1.68. The molecule has 0 spiro atoms. The molecule has 3 heteroatoms. The molecule has 1 aliphatic rings. The monoisotopic (exact) mass is 144 g/mol. The van der Waals surface area contributed by atoms with Gasteiger partial charge < -0.3 is 15.7 Å². The Kier molecular flexibility index (Phi) is 2.65. The average molecular weight is 144 g/mol. The van der Waals surface area contributed by atoms with Gasteiger partial charge >= 0.3 is 0 Å². The number of aliphatic hydroxyl groups is 1. The fraction of sp³-hybridized carbons (Fsp3) is 1.00. The maximum absolute atomic E-state index is 9.25. The highest BCUT2D eigenvalue weighted by Crippen LogP contribution is 2.01. The molecule has 1 fully saturated rings. The minimum Gasteiger partial charge on any atom is -0.392 e. The Hall–Kier alpha value is -0.120. The van der Waals surface area contributed by atoms with Crippen molar-refractivity contribution in [3.05, 3.63) is 0 Å². The number of nitrogens with one attached hydrogen (secondary N) is 2. The van der Waals surface area contributed by atoms with Crippen molar-refractivity contribution in [1.82, 2.24) is 10.6 Å². The number of hydrogen-bond donors (Lipinski definition) is 3. The van der Waals surface area contributed by atoms with Crippen LogP contribution in [0.25, 0.3) is 0 Å². The third-order valence-electron chi connectivity index (χ3n) is 2.03. The van der Waals surface area contributed by atoms with Gasteiger partial charge in [-0.1, -0.05) is 0 Å². The Bertz CT molecular complexity index is 106. The van der Waals surface area contributed by atoms with Crippen molar-refractivity contribution < 1.29 is 5.11 Å². The number of rotatable bonds is 1. The first-order valence-electron chi connectivity index (χ1n) is 3.86. The largest absolute Gasteiger partial charge is 0.392 e. The van der Waals surface area contributed by atoms with Crippen LogP contribution in [-0.2, 0) is 0 Å². The van der Waals surface area contributed by atoms with Gasteiger partial charge in [-0.3, -0.25) is 0 Å². The normalized spacial score (nSPS) is 37.5. The van der Waals surface area contributed by atoms with Crippen LogP contribution >= 0.6 is 0 Å². The van der Waals surface area contributed by atoms with Crippen LogP contribution in [0.15, 0.2) is 0 Å². The second kappa shape index (κ2) is 3.32. The Morgan fingerprint density at radius 1 is 1.40 bits per heavy atom. The van der Waals surface area contributed by atoms with E-state index in [-0.39, 0.29) is 12.1 Å². The molecule has 1 heterocycles. The van der Waals surface area contributed by atoms with Crippen LogP contribution in [0.3, 0.4) is 0 Å². The van der Waals surface area contributed by atoms with Crippen LogP contribution in [0.4, 0.5) is 0 Å². The SMILES string of the molecule is CC(O)C1NCCNC1C. The lowest BCUT2D eigenvalue weighted by Crippen LogP contribution is -2.58. The van der Waals surface area contributed by atoms with E-state index in [2.05, 4.69) is 17.6 Å². The van der Waals surface area contributed by atoms with Crippen molar-refractivity contribution in [1.29, 1.82) is 0 Å². The zero-order valence-corrected chi connectivity index (χ0v) is 6.59. The van der Waals surface area contributed by atoms with Gasteiger partial charge in [-0.15, -0.1) is 0 Å². The highest BCUT2D eigenvalue weighted by molar-refractivity contribution is 4.86. The molecule has 10 heavy (non-hydrogen) atoms.